The molecular weight excluding hydrogens is 667 g/mol. The van der Waals surface area contributed by atoms with Crippen LogP contribution in [0.2, 0.25) is 0 Å². The van der Waals surface area contributed by atoms with Crippen molar-refractivity contribution in [1.29, 1.82) is 0 Å². The minimum Gasteiger partial charge on any atom is -0.497 e. The van der Waals surface area contributed by atoms with Crippen LogP contribution in [0.3, 0.4) is 0 Å². The van der Waals surface area contributed by atoms with E-state index in [1.54, 1.807) is 7.11 Å². The van der Waals surface area contributed by atoms with Crippen molar-refractivity contribution in [3.63, 3.8) is 0 Å². The smallest absolute Gasteiger partial charge is 0.178 e. The summed E-state index contributed by atoms with van der Waals surface area (Å²) in [5.74, 6) is 2.58. The molecule has 2 aliphatic heterocycles. The Balaban J connectivity index is 1.26. The number of morpholine rings is 1. The Bertz CT molecular complexity index is 2360. The highest BCUT2D eigenvalue weighted by Gasteiger charge is 2.44. The zero-order valence-corrected chi connectivity index (χ0v) is 31.7. The van der Waals surface area contributed by atoms with Crippen LogP contribution >= 0.6 is 0 Å². The summed E-state index contributed by atoms with van der Waals surface area (Å²) in [5.41, 5.74) is 10.9. The summed E-state index contributed by atoms with van der Waals surface area (Å²) in [6.45, 7) is 10.9. The molecule has 0 radical (unpaired) electrons. The van der Waals surface area contributed by atoms with Crippen molar-refractivity contribution in [2.24, 2.45) is 0 Å². The lowest BCUT2D eigenvalue weighted by atomic mass is 9.76. The molecule has 2 heterocycles. The number of anilines is 1. The van der Waals surface area contributed by atoms with Gasteiger partial charge in [-0.2, -0.15) is 0 Å². The first-order chi connectivity index (χ1) is 26.4. The molecule has 9 rings (SSSR count). The van der Waals surface area contributed by atoms with E-state index in [4.69, 9.17) is 18.9 Å². The second-order valence-electron chi connectivity index (χ2n) is 15.2. The molecule has 0 amide bonds. The second-order valence-corrected chi connectivity index (χ2v) is 15.2. The number of hydrogen-bond acceptors (Lipinski definition) is 5. The van der Waals surface area contributed by atoms with Gasteiger partial charge in [-0.15, -0.1) is 0 Å². The lowest BCUT2D eigenvalue weighted by Gasteiger charge is -2.38. The molecule has 1 atom stereocenters. The van der Waals surface area contributed by atoms with Gasteiger partial charge in [0.15, 0.2) is 5.60 Å². The number of hydrogen-bond donors (Lipinski definition) is 0. The molecule has 1 fully saturated rings. The van der Waals surface area contributed by atoms with Gasteiger partial charge in [0.1, 0.15) is 17.2 Å². The van der Waals surface area contributed by atoms with Crippen molar-refractivity contribution in [3.05, 3.63) is 149 Å². The summed E-state index contributed by atoms with van der Waals surface area (Å²) < 4.78 is 25.0. The summed E-state index contributed by atoms with van der Waals surface area (Å²) in [4.78, 5) is 2.45. The molecule has 3 aliphatic rings. The summed E-state index contributed by atoms with van der Waals surface area (Å²) >= 11 is 0. The molecule has 5 heteroatoms. The van der Waals surface area contributed by atoms with Crippen molar-refractivity contribution < 1.29 is 18.9 Å². The van der Waals surface area contributed by atoms with E-state index in [-0.39, 0.29) is 5.41 Å². The predicted molar refractivity (Wildman–Crippen MR) is 220 cm³/mol. The average Bonchev–Trinajstić information content (AvgIpc) is 3.47. The van der Waals surface area contributed by atoms with Crippen LogP contribution in [0.4, 0.5) is 5.69 Å². The van der Waals surface area contributed by atoms with Crippen LogP contribution in [0, 0.1) is 0 Å². The molecule has 1 unspecified atom stereocenters. The zero-order valence-electron chi connectivity index (χ0n) is 31.7. The van der Waals surface area contributed by atoms with Crippen molar-refractivity contribution in [1.82, 2.24) is 0 Å². The maximum Gasteiger partial charge on any atom is 0.178 e. The van der Waals surface area contributed by atoms with E-state index in [1.165, 1.54) is 44.5 Å². The molecule has 0 bridgehead atoms. The Morgan fingerprint density at radius 2 is 1.46 bits per heavy atom. The van der Waals surface area contributed by atoms with Crippen molar-refractivity contribution in [2.75, 3.05) is 44.9 Å². The molecule has 1 aliphatic carbocycles. The van der Waals surface area contributed by atoms with Gasteiger partial charge >= 0.3 is 0 Å². The molecular formula is C49H47NO4. The van der Waals surface area contributed by atoms with Crippen molar-refractivity contribution >= 4 is 22.5 Å². The van der Waals surface area contributed by atoms with Gasteiger partial charge in [-0.05, 0) is 99.8 Å². The third-order valence-corrected chi connectivity index (χ3v) is 11.7. The normalized spacial score (nSPS) is 18.1. The van der Waals surface area contributed by atoms with E-state index in [0.29, 0.717) is 6.61 Å². The molecule has 0 N–H and O–H groups in total. The van der Waals surface area contributed by atoms with Crippen LogP contribution in [0.5, 0.6) is 17.2 Å². The Hall–Kier alpha value is -5.52. The van der Waals surface area contributed by atoms with Gasteiger partial charge in [-0.3, -0.25) is 0 Å². The monoisotopic (exact) mass is 713 g/mol. The topological polar surface area (TPSA) is 40.2 Å². The minimum absolute atomic E-state index is 0.284. The first-order valence-electron chi connectivity index (χ1n) is 19.3. The largest absolute Gasteiger partial charge is 0.497 e. The third-order valence-electron chi connectivity index (χ3n) is 11.7. The van der Waals surface area contributed by atoms with Gasteiger partial charge in [-0.1, -0.05) is 100.0 Å². The summed E-state index contributed by atoms with van der Waals surface area (Å²) in [7, 11) is 1.70. The molecule has 1 saturated heterocycles. The number of unbranched alkanes of at least 4 members (excludes halogenated alkanes) is 1. The highest BCUT2D eigenvalue weighted by atomic mass is 16.5. The predicted octanol–water partition coefficient (Wildman–Crippen LogP) is 11.2. The van der Waals surface area contributed by atoms with Gasteiger partial charge in [0.2, 0.25) is 0 Å². The SMILES string of the molecule is CCCCOc1ccc(C2(c3ccc(OC)cc3)C=Cc3c4c(c5cc(N6CCOCC6)ccc5c3O2)-c2ccc(-c3ccccc3)cc2C4(C)C)cc1. The van der Waals surface area contributed by atoms with Crippen molar-refractivity contribution in [3.8, 4) is 39.5 Å². The zero-order chi connectivity index (χ0) is 36.9. The Morgan fingerprint density at radius 3 is 2.17 bits per heavy atom. The van der Waals surface area contributed by atoms with E-state index in [9.17, 15) is 0 Å². The standard InChI is InChI=1S/C49H47NO4/c1-5-6-28-53-39-20-15-36(16-21-39)49(35-13-18-38(51-4)19-14-35)25-24-42-46-45(41-22-12-34(31-44(41)48(46,2)3)33-10-8-7-9-11-33)43-32-37(50-26-29-52-30-27-50)17-23-40(43)47(42)54-49/h7-25,31-32H,5-6,26-30H2,1-4H3. The maximum absolute atomic E-state index is 7.61. The van der Waals surface area contributed by atoms with E-state index in [0.717, 1.165) is 78.5 Å². The lowest BCUT2D eigenvalue weighted by Crippen LogP contribution is -2.36. The number of fused-ring (bicyclic) bond motifs is 8. The van der Waals surface area contributed by atoms with Gasteiger partial charge in [0, 0.05) is 46.3 Å². The van der Waals surface area contributed by atoms with Crippen LogP contribution in [0.15, 0.2) is 121 Å². The van der Waals surface area contributed by atoms with E-state index >= 15 is 0 Å². The van der Waals surface area contributed by atoms with E-state index < -0.39 is 5.60 Å². The molecule has 6 aromatic carbocycles. The highest BCUT2D eigenvalue weighted by Crippen LogP contribution is 2.59. The molecule has 0 saturated carbocycles. The fraction of sp³-hybridized carbons (Fsp3) is 0.265. The van der Waals surface area contributed by atoms with Crippen LogP contribution in [0.1, 0.15) is 61.4 Å². The number of methoxy groups -OCH3 is 1. The number of ether oxygens (including phenoxy) is 4. The van der Waals surface area contributed by atoms with Gasteiger partial charge < -0.3 is 23.8 Å². The summed E-state index contributed by atoms with van der Waals surface area (Å²) in [6, 6.07) is 41.4. The third kappa shape index (κ3) is 5.65. The quantitative estimate of drug-likeness (QED) is 0.140. The Morgan fingerprint density at radius 1 is 0.741 bits per heavy atom. The fourth-order valence-corrected chi connectivity index (χ4v) is 8.75. The molecule has 54 heavy (non-hydrogen) atoms. The van der Waals surface area contributed by atoms with Gasteiger partial charge in [0.25, 0.3) is 0 Å². The van der Waals surface area contributed by atoms with Crippen LogP contribution in [0.25, 0.3) is 39.1 Å². The van der Waals surface area contributed by atoms with Crippen LogP contribution in [-0.2, 0) is 15.8 Å². The van der Waals surface area contributed by atoms with Crippen molar-refractivity contribution in [2.45, 2.75) is 44.6 Å². The van der Waals surface area contributed by atoms with E-state index in [1.807, 2.05) is 12.1 Å². The Labute approximate surface area is 318 Å². The summed E-state index contributed by atoms with van der Waals surface area (Å²) in [5, 5.41) is 2.32. The first kappa shape index (κ1) is 34.3. The average molecular weight is 714 g/mol. The molecule has 6 aromatic rings. The lowest BCUT2D eigenvalue weighted by molar-refractivity contribution is 0.122. The molecule has 0 spiro atoms. The Kier molecular flexibility index (Phi) is 8.70. The summed E-state index contributed by atoms with van der Waals surface area (Å²) in [6.07, 6.45) is 6.71. The molecule has 5 nitrogen and oxygen atoms in total. The molecule has 272 valence electrons. The number of nitrogens with zero attached hydrogens (tertiary/aromatic N) is 1. The highest BCUT2D eigenvalue weighted by molar-refractivity contribution is 6.09. The second kappa shape index (κ2) is 13.7. The number of rotatable bonds is 9. The van der Waals surface area contributed by atoms with Crippen LogP contribution < -0.4 is 19.1 Å². The fourth-order valence-electron chi connectivity index (χ4n) is 8.75. The van der Waals surface area contributed by atoms with Crippen LogP contribution in [-0.4, -0.2) is 40.0 Å². The van der Waals surface area contributed by atoms with E-state index in [2.05, 4.69) is 141 Å². The first-order valence-corrected chi connectivity index (χ1v) is 19.3. The van der Waals surface area contributed by atoms with Gasteiger partial charge in [0.05, 0.1) is 26.9 Å². The van der Waals surface area contributed by atoms with Gasteiger partial charge in [-0.25, -0.2) is 0 Å². The molecule has 0 aromatic heterocycles. The maximum atomic E-state index is 7.61. The number of benzene rings is 6. The minimum atomic E-state index is -0.888.